The molecule has 3 aromatic rings. The summed E-state index contributed by atoms with van der Waals surface area (Å²) in [6.45, 7) is 1.67. The molecule has 4 N–H and O–H groups in total. The minimum atomic E-state index is -0.567. The lowest BCUT2D eigenvalue weighted by atomic mass is 10.1. The fourth-order valence-corrected chi connectivity index (χ4v) is 2.34. The highest BCUT2D eigenvalue weighted by Gasteiger charge is 2.19. The number of carbonyl (C=O) groups excluding carboxylic acids is 1. The van der Waals surface area contributed by atoms with E-state index in [2.05, 4.69) is 10.5 Å². The molecule has 0 aliphatic rings. The van der Waals surface area contributed by atoms with Crippen LogP contribution < -0.4 is 5.43 Å². The SMILES string of the molecule is Cc1c(C(=O)N/N=C/c2ccc(O)c(O)c2)oc2cccc(O)c12. The second-order valence-corrected chi connectivity index (χ2v) is 5.15. The number of nitrogens with one attached hydrogen (secondary N) is 1. The first-order chi connectivity index (χ1) is 11.5. The van der Waals surface area contributed by atoms with Crippen LogP contribution in [0, 0.1) is 6.92 Å². The van der Waals surface area contributed by atoms with Crippen LogP contribution in [0.2, 0.25) is 0 Å². The molecule has 7 heteroatoms. The average molecular weight is 326 g/mol. The Bertz CT molecular complexity index is 959. The number of hydrazone groups is 1. The van der Waals surface area contributed by atoms with Crippen molar-refractivity contribution < 1.29 is 24.5 Å². The summed E-state index contributed by atoms with van der Waals surface area (Å²) in [6.07, 6.45) is 1.31. The number of aromatic hydroxyl groups is 3. The summed E-state index contributed by atoms with van der Waals surface area (Å²) in [6, 6.07) is 8.93. The molecule has 122 valence electrons. The summed E-state index contributed by atoms with van der Waals surface area (Å²) in [4.78, 5) is 12.2. The number of benzene rings is 2. The van der Waals surface area contributed by atoms with Gasteiger partial charge >= 0.3 is 5.91 Å². The van der Waals surface area contributed by atoms with Gasteiger partial charge in [0.2, 0.25) is 0 Å². The number of hydrogen-bond donors (Lipinski definition) is 4. The quantitative estimate of drug-likeness (QED) is 0.335. The van der Waals surface area contributed by atoms with Crippen molar-refractivity contribution in [2.24, 2.45) is 5.10 Å². The molecule has 1 amide bonds. The number of furan rings is 1. The summed E-state index contributed by atoms with van der Waals surface area (Å²) in [5, 5.41) is 32.7. The topological polar surface area (TPSA) is 115 Å². The minimum absolute atomic E-state index is 0.0378. The first-order valence-corrected chi connectivity index (χ1v) is 7.04. The van der Waals surface area contributed by atoms with E-state index in [1.807, 2.05) is 0 Å². The van der Waals surface area contributed by atoms with Gasteiger partial charge < -0.3 is 19.7 Å². The molecule has 0 fully saturated rings. The van der Waals surface area contributed by atoms with Crippen molar-refractivity contribution in [1.82, 2.24) is 5.43 Å². The zero-order valence-electron chi connectivity index (χ0n) is 12.6. The van der Waals surface area contributed by atoms with E-state index in [0.29, 0.717) is 22.1 Å². The molecule has 0 atom stereocenters. The van der Waals surface area contributed by atoms with E-state index in [4.69, 9.17) is 4.42 Å². The van der Waals surface area contributed by atoms with E-state index in [-0.39, 0.29) is 23.0 Å². The average Bonchev–Trinajstić information content (AvgIpc) is 2.89. The number of carbonyl (C=O) groups is 1. The summed E-state index contributed by atoms with van der Waals surface area (Å²) in [7, 11) is 0. The van der Waals surface area contributed by atoms with Crippen LogP contribution in [0.4, 0.5) is 0 Å². The van der Waals surface area contributed by atoms with E-state index < -0.39 is 5.91 Å². The van der Waals surface area contributed by atoms with E-state index in [1.54, 1.807) is 19.1 Å². The van der Waals surface area contributed by atoms with Gasteiger partial charge in [-0.1, -0.05) is 6.07 Å². The molecule has 7 nitrogen and oxygen atoms in total. The van der Waals surface area contributed by atoms with Gasteiger partial charge in [-0.15, -0.1) is 0 Å². The van der Waals surface area contributed by atoms with Crippen molar-refractivity contribution in [3.63, 3.8) is 0 Å². The Morgan fingerprint density at radius 3 is 2.62 bits per heavy atom. The minimum Gasteiger partial charge on any atom is -0.507 e. The third-order valence-electron chi connectivity index (χ3n) is 3.52. The first-order valence-electron chi connectivity index (χ1n) is 7.04. The fraction of sp³-hybridized carbons (Fsp3) is 0.0588. The van der Waals surface area contributed by atoms with Crippen LogP contribution in [0.5, 0.6) is 17.2 Å². The van der Waals surface area contributed by atoms with Gasteiger partial charge in [0.15, 0.2) is 17.3 Å². The van der Waals surface area contributed by atoms with Gasteiger partial charge in [-0.2, -0.15) is 5.10 Å². The molecule has 1 heterocycles. The molecule has 0 bridgehead atoms. The lowest BCUT2D eigenvalue weighted by molar-refractivity contribution is 0.0929. The highest BCUT2D eigenvalue weighted by Crippen LogP contribution is 2.32. The number of amides is 1. The van der Waals surface area contributed by atoms with Crippen molar-refractivity contribution in [2.45, 2.75) is 6.92 Å². The first kappa shape index (κ1) is 15.4. The lowest BCUT2D eigenvalue weighted by Gasteiger charge is -1.99. The molecule has 0 spiro atoms. The molecule has 0 saturated carbocycles. The van der Waals surface area contributed by atoms with E-state index in [1.165, 1.54) is 30.5 Å². The number of nitrogens with zero attached hydrogens (tertiary/aromatic N) is 1. The summed E-state index contributed by atoms with van der Waals surface area (Å²) < 4.78 is 5.46. The third-order valence-corrected chi connectivity index (χ3v) is 3.52. The summed E-state index contributed by atoms with van der Waals surface area (Å²) >= 11 is 0. The van der Waals surface area contributed by atoms with E-state index >= 15 is 0 Å². The molecular weight excluding hydrogens is 312 g/mol. The van der Waals surface area contributed by atoms with Crippen LogP contribution in [-0.4, -0.2) is 27.4 Å². The number of fused-ring (bicyclic) bond motifs is 1. The van der Waals surface area contributed by atoms with Crippen LogP contribution in [-0.2, 0) is 0 Å². The van der Waals surface area contributed by atoms with Gasteiger partial charge in [-0.25, -0.2) is 5.43 Å². The van der Waals surface area contributed by atoms with Crippen molar-refractivity contribution in [3.05, 3.63) is 53.3 Å². The third kappa shape index (κ3) is 2.74. The Morgan fingerprint density at radius 1 is 1.12 bits per heavy atom. The van der Waals surface area contributed by atoms with Gasteiger partial charge in [0, 0.05) is 5.56 Å². The number of phenolic OH excluding ortho intramolecular Hbond substituents is 3. The number of aryl methyl sites for hydroxylation is 1. The second-order valence-electron chi connectivity index (χ2n) is 5.15. The molecular formula is C17H14N2O5. The van der Waals surface area contributed by atoms with Crippen LogP contribution >= 0.6 is 0 Å². The Morgan fingerprint density at radius 2 is 1.92 bits per heavy atom. The molecule has 24 heavy (non-hydrogen) atoms. The standard InChI is InChI=1S/C17H14N2O5/c1-9-15-12(21)3-2-4-14(15)24-16(9)17(23)19-18-8-10-5-6-11(20)13(22)7-10/h2-8,20-22H,1H3,(H,19,23)/b18-8+. The predicted octanol–water partition coefficient (Wildman–Crippen LogP) is 2.62. The number of phenols is 3. The molecule has 0 aliphatic heterocycles. The monoisotopic (exact) mass is 326 g/mol. The number of hydrogen-bond acceptors (Lipinski definition) is 6. The van der Waals surface area contributed by atoms with Crippen LogP contribution in [0.3, 0.4) is 0 Å². The number of rotatable bonds is 3. The molecule has 2 aromatic carbocycles. The smallest absolute Gasteiger partial charge is 0.307 e. The highest BCUT2D eigenvalue weighted by molar-refractivity contribution is 6.00. The van der Waals surface area contributed by atoms with E-state index in [9.17, 15) is 20.1 Å². The van der Waals surface area contributed by atoms with Gasteiger partial charge in [-0.05, 0) is 42.8 Å². The van der Waals surface area contributed by atoms with Crippen LogP contribution in [0.25, 0.3) is 11.0 Å². The normalized spacial score (nSPS) is 11.2. The van der Waals surface area contributed by atoms with E-state index in [0.717, 1.165) is 0 Å². The molecule has 1 aromatic heterocycles. The Hall–Kier alpha value is -3.48. The van der Waals surface area contributed by atoms with Crippen molar-refractivity contribution in [1.29, 1.82) is 0 Å². The molecule has 0 aliphatic carbocycles. The summed E-state index contributed by atoms with van der Waals surface area (Å²) in [5.41, 5.74) is 3.72. The Labute approximate surface area is 136 Å². The van der Waals surface area contributed by atoms with Crippen molar-refractivity contribution in [3.8, 4) is 17.2 Å². The van der Waals surface area contributed by atoms with Crippen LogP contribution in [0.1, 0.15) is 21.7 Å². The Balaban J connectivity index is 1.80. The molecule has 0 radical (unpaired) electrons. The highest BCUT2D eigenvalue weighted by atomic mass is 16.3. The largest absolute Gasteiger partial charge is 0.507 e. The maximum Gasteiger partial charge on any atom is 0.307 e. The molecule has 3 rings (SSSR count). The fourth-order valence-electron chi connectivity index (χ4n) is 2.34. The van der Waals surface area contributed by atoms with Gasteiger partial charge in [0.05, 0.1) is 11.6 Å². The summed E-state index contributed by atoms with van der Waals surface area (Å²) in [5.74, 6) is -1.00. The molecule has 0 unspecified atom stereocenters. The maximum absolute atomic E-state index is 12.2. The van der Waals surface area contributed by atoms with Gasteiger partial charge in [0.25, 0.3) is 0 Å². The zero-order valence-corrected chi connectivity index (χ0v) is 12.6. The lowest BCUT2D eigenvalue weighted by Crippen LogP contribution is -2.17. The van der Waals surface area contributed by atoms with Crippen molar-refractivity contribution in [2.75, 3.05) is 0 Å². The molecule has 0 saturated heterocycles. The van der Waals surface area contributed by atoms with Crippen molar-refractivity contribution >= 4 is 23.1 Å². The van der Waals surface area contributed by atoms with Crippen LogP contribution in [0.15, 0.2) is 45.9 Å². The zero-order chi connectivity index (χ0) is 17.3. The van der Waals surface area contributed by atoms with Gasteiger partial charge in [-0.3, -0.25) is 4.79 Å². The maximum atomic E-state index is 12.2. The predicted molar refractivity (Wildman–Crippen MR) is 87.4 cm³/mol. The second kappa shape index (κ2) is 5.96. The van der Waals surface area contributed by atoms with Gasteiger partial charge in [0.1, 0.15) is 11.3 Å². The Kier molecular flexibility index (Phi) is 3.83.